The molecule has 4 aromatic rings. The van der Waals surface area contributed by atoms with E-state index in [0.29, 0.717) is 0 Å². The van der Waals surface area contributed by atoms with Crippen molar-refractivity contribution in [1.29, 1.82) is 0 Å². The third kappa shape index (κ3) is 5.79. The van der Waals surface area contributed by atoms with Crippen LogP contribution in [0.2, 0.25) is 5.02 Å². The average molecular weight is 514 g/mol. The summed E-state index contributed by atoms with van der Waals surface area (Å²) in [6.45, 7) is 8.60. The summed E-state index contributed by atoms with van der Waals surface area (Å²) in [7, 11) is 1.71. The average Bonchev–Trinajstić information content (AvgIpc) is 3.34. The summed E-state index contributed by atoms with van der Waals surface area (Å²) < 4.78 is 11.6. The lowest BCUT2D eigenvalue weighted by Gasteiger charge is -2.18. The highest BCUT2D eigenvalue weighted by Crippen LogP contribution is 2.37. The number of likely N-dealkylation sites (tertiary alicyclic amines) is 1. The third-order valence-electron chi connectivity index (χ3n) is 7.59. The number of ether oxygens (including phenoxy) is 2. The minimum absolute atomic E-state index is 0.732. The molecular weight excluding hydrogens is 478 g/mol. The van der Waals surface area contributed by atoms with Crippen LogP contribution in [0, 0.1) is 5.92 Å². The minimum Gasteiger partial charge on any atom is -0.497 e. The molecule has 1 saturated heterocycles. The Labute approximate surface area is 226 Å². The van der Waals surface area contributed by atoms with Gasteiger partial charge < -0.3 is 9.47 Å². The number of halogens is 1. The second kappa shape index (κ2) is 11.6. The van der Waals surface area contributed by atoms with Gasteiger partial charge in [0.05, 0.1) is 7.11 Å². The minimum atomic E-state index is 0.732. The van der Waals surface area contributed by atoms with Crippen molar-refractivity contribution in [3.63, 3.8) is 0 Å². The number of fused-ring (bicyclic) bond motifs is 1. The van der Waals surface area contributed by atoms with E-state index in [-0.39, 0.29) is 0 Å². The molecular formula is C33H36ClNO2. The van der Waals surface area contributed by atoms with Gasteiger partial charge in [0.15, 0.2) is 0 Å². The van der Waals surface area contributed by atoms with Crippen molar-refractivity contribution in [2.24, 2.45) is 5.92 Å². The number of nitrogens with zero attached hydrogens (tertiary/aromatic N) is 1. The van der Waals surface area contributed by atoms with Crippen LogP contribution in [0.1, 0.15) is 37.0 Å². The summed E-state index contributed by atoms with van der Waals surface area (Å²) in [4.78, 5) is 2.50. The van der Waals surface area contributed by atoms with Gasteiger partial charge in [-0.05, 0) is 101 Å². The molecule has 1 aliphatic heterocycles. The van der Waals surface area contributed by atoms with Crippen LogP contribution >= 0.6 is 11.6 Å². The van der Waals surface area contributed by atoms with Gasteiger partial charge >= 0.3 is 0 Å². The van der Waals surface area contributed by atoms with Crippen LogP contribution in [-0.4, -0.2) is 38.3 Å². The van der Waals surface area contributed by atoms with E-state index in [1.54, 1.807) is 7.11 Å². The van der Waals surface area contributed by atoms with Crippen molar-refractivity contribution in [2.75, 3.05) is 33.4 Å². The molecule has 1 heterocycles. The van der Waals surface area contributed by atoms with E-state index in [1.807, 2.05) is 18.2 Å². The lowest BCUT2D eigenvalue weighted by atomic mass is 9.88. The monoisotopic (exact) mass is 513 g/mol. The van der Waals surface area contributed by atoms with Crippen LogP contribution in [0.15, 0.2) is 72.8 Å². The fourth-order valence-electron chi connectivity index (χ4n) is 5.54. The highest BCUT2D eigenvalue weighted by molar-refractivity contribution is 6.31. The van der Waals surface area contributed by atoms with Gasteiger partial charge in [0.25, 0.3) is 0 Å². The van der Waals surface area contributed by atoms with Gasteiger partial charge in [-0.3, -0.25) is 4.90 Å². The smallest absolute Gasteiger partial charge is 0.119 e. The van der Waals surface area contributed by atoms with Gasteiger partial charge in [-0.1, -0.05) is 67.9 Å². The highest BCUT2D eigenvalue weighted by atomic mass is 35.5. The number of hydrogen-bond donors (Lipinski definition) is 0. The Hall–Kier alpha value is -3.01. The van der Waals surface area contributed by atoms with Gasteiger partial charge in [0, 0.05) is 18.1 Å². The SMILES string of the molecule is CCc1c(Cl)cccc1-c1ccc2cc(OC)ccc2c1Cc1ccc(OCCN2CCC(C)C2)cc1. The standard InChI is InChI=1S/C33H36ClNO2/c1-4-28-30(6-5-7-33(28)34)31-14-10-25-21-27(36-3)13-15-29(25)32(31)20-24-8-11-26(12-9-24)37-19-18-35-17-16-23(2)22-35/h5-15,21,23H,4,16-20,22H2,1-3H3. The molecule has 4 heteroatoms. The first kappa shape index (κ1) is 25.6. The van der Waals surface area contributed by atoms with Crippen LogP contribution in [0.25, 0.3) is 21.9 Å². The quantitative estimate of drug-likeness (QED) is 0.226. The lowest BCUT2D eigenvalue weighted by Crippen LogP contribution is -2.25. The summed E-state index contributed by atoms with van der Waals surface area (Å²) >= 11 is 6.62. The van der Waals surface area contributed by atoms with Crippen molar-refractivity contribution in [3.05, 3.63) is 94.5 Å². The van der Waals surface area contributed by atoms with E-state index < -0.39 is 0 Å². The zero-order valence-corrected chi connectivity index (χ0v) is 22.9. The highest BCUT2D eigenvalue weighted by Gasteiger charge is 2.18. The molecule has 1 aliphatic rings. The predicted octanol–water partition coefficient (Wildman–Crippen LogP) is 8.04. The van der Waals surface area contributed by atoms with Crippen molar-refractivity contribution in [2.45, 2.75) is 33.1 Å². The number of hydrogen-bond acceptors (Lipinski definition) is 3. The molecule has 0 bridgehead atoms. The summed E-state index contributed by atoms with van der Waals surface area (Å²) in [5.41, 5.74) is 6.19. The molecule has 0 N–H and O–H groups in total. The Morgan fingerprint density at radius 3 is 2.43 bits per heavy atom. The molecule has 0 spiro atoms. The van der Waals surface area contributed by atoms with Crippen LogP contribution in [0.4, 0.5) is 0 Å². The second-order valence-corrected chi connectivity index (χ2v) is 10.6. The van der Waals surface area contributed by atoms with E-state index in [0.717, 1.165) is 48.4 Å². The lowest BCUT2D eigenvalue weighted by molar-refractivity contribution is 0.234. The van der Waals surface area contributed by atoms with Crippen LogP contribution in [0.3, 0.4) is 0 Å². The molecule has 0 aromatic heterocycles. The van der Waals surface area contributed by atoms with Gasteiger partial charge in [-0.15, -0.1) is 0 Å². The first-order valence-electron chi connectivity index (χ1n) is 13.4. The maximum atomic E-state index is 6.62. The Balaban J connectivity index is 1.43. The Kier molecular flexibility index (Phi) is 8.02. The fraction of sp³-hybridized carbons (Fsp3) is 0.333. The molecule has 0 amide bonds. The van der Waals surface area contributed by atoms with E-state index >= 15 is 0 Å². The number of methoxy groups -OCH3 is 1. The predicted molar refractivity (Wildman–Crippen MR) is 155 cm³/mol. The molecule has 0 saturated carbocycles. The maximum Gasteiger partial charge on any atom is 0.119 e. The zero-order valence-electron chi connectivity index (χ0n) is 22.1. The number of benzene rings is 4. The Morgan fingerprint density at radius 2 is 1.70 bits per heavy atom. The van der Waals surface area contributed by atoms with E-state index in [9.17, 15) is 0 Å². The largest absolute Gasteiger partial charge is 0.497 e. The number of rotatable bonds is 9. The van der Waals surface area contributed by atoms with Crippen molar-refractivity contribution >= 4 is 22.4 Å². The molecule has 192 valence electrons. The molecule has 1 atom stereocenters. The second-order valence-electron chi connectivity index (χ2n) is 10.2. The third-order valence-corrected chi connectivity index (χ3v) is 7.94. The topological polar surface area (TPSA) is 21.7 Å². The molecule has 0 radical (unpaired) electrons. The van der Waals surface area contributed by atoms with E-state index in [2.05, 4.69) is 73.3 Å². The summed E-state index contributed by atoms with van der Waals surface area (Å²) in [6.07, 6.45) is 3.00. The Morgan fingerprint density at radius 1 is 0.919 bits per heavy atom. The maximum absolute atomic E-state index is 6.62. The molecule has 1 unspecified atom stereocenters. The van der Waals surface area contributed by atoms with Crippen molar-refractivity contribution in [1.82, 2.24) is 4.90 Å². The Bertz CT molecular complexity index is 1370. The van der Waals surface area contributed by atoms with Crippen molar-refractivity contribution in [3.8, 4) is 22.6 Å². The van der Waals surface area contributed by atoms with Gasteiger partial charge in [0.2, 0.25) is 0 Å². The summed E-state index contributed by atoms with van der Waals surface area (Å²) in [6, 6.07) is 25.6. The summed E-state index contributed by atoms with van der Waals surface area (Å²) in [5.74, 6) is 2.61. The van der Waals surface area contributed by atoms with Crippen molar-refractivity contribution < 1.29 is 9.47 Å². The van der Waals surface area contributed by atoms with Crippen LogP contribution in [-0.2, 0) is 12.8 Å². The van der Waals surface area contributed by atoms with Gasteiger partial charge in [-0.25, -0.2) is 0 Å². The van der Waals surface area contributed by atoms with Gasteiger partial charge in [-0.2, -0.15) is 0 Å². The first-order chi connectivity index (χ1) is 18.1. The van der Waals surface area contributed by atoms with E-state index in [4.69, 9.17) is 21.1 Å². The summed E-state index contributed by atoms with van der Waals surface area (Å²) in [5, 5.41) is 3.24. The molecule has 5 rings (SSSR count). The molecule has 1 fully saturated rings. The molecule has 0 aliphatic carbocycles. The van der Waals surface area contributed by atoms with Crippen LogP contribution < -0.4 is 9.47 Å². The normalized spacial score (nSPS) is 15.8. The molecule has 4 aromatic carbocycles. The van der Waals surface area contributed by atoms with E-state index in [1.165, 1.54) is 58.1 Å². The first-order valence-corrected chi connectivity index (χ1v) is 13.7. The molecule has 3 nitrogen and oxygen atoms in total. The van der Waals surface area contributed by atoms with Gasteiger partial charge in [0.1, 0.15) is 18.1 Å². The van der Waals surface area contributed by atoms with Crippen LogP contribution in [0.5, 0.6) is 11.5 Å². The zero-order chi connectivity index (χ0) is 25.8. The fourth-order valence-corrected chi connectivity index (χ4v) is 5.85. The molecule has 37 heavy (non-hydrogen) atoms.